The molecule has 5 nitrogen and oxygen atoms in total. The van der Waals surface area contributed by atoms with E-state index in [1.807, 2.05) is 4.90 Å². The second-order valence-corrected chi connectivity index (χ2v) is 4.88. The number of rotatable bonds is 4. The Morgan fingerprint density at radius 2 is 2.00 bits per heavy atom. The molecule has 20 heavy (non-hydrogen) atoms. The fourth-order valence-corrected chi connectivity index (χ4v) is 2.39. The van der Waals surface area contributed by atoms with Crippen molar-refractivity contribution in [3.8, 4) is 0 Å². The Morgan fingerprint density at radius 1 is 1.30 bits per heavy atom. The zero-order valence-electron chi connectivity index (χ0n) is 11.3. The molecule has 1 saturated heterocycles. The molecule has 0 bridgehead atoms. The molecule has 1 aliphatic heterocycles. The van der Waals surface area contributed by atoms with Gasteiger partial charge in [-0.1, -0.05) is 12.1 Å². The Morgan fingerprint density at radius 3 is 2.60 bits per heavy atom. The number of hydrogen-bond donors (Lipinski definition) is 2. The number of carbonyl (C=O) groups excluding carboxylic acids is 2. The van der Waals surface area contributed by atoms with Gasteiger partial charge >= 0.3 is 0 Å². The van der Waals surface area contributed by atoms with Crippen molar-refractivity contribution in [3.05, 3.63) is 41.5 Å². The molecule has 0 aliphatic carbocycles. The van der Waals surface area contributed by atoms with E-state index in [-0.39, 0.29) is 11.9 Å². The van der Waals surface area contributed by atoms with Gasteiger partial charge in [0.25, 0.3) is 0 Å². The van der Waals surface area contributed by atoms with E-state index >= 15 is 0 Å². The van der Waals surface area contributed by atoms with Crippen LogP contribution in [-0.4, -0.2) is 35.8 Å². The first-order valence-electron chi connectivity index (χ1n) is 6.70. The Kier molecular flexibility index (Phi) is 4.53. The second-order valence-electron chi connectivity index (χ2n) is 4.88. The fraction of sp³-hybridized carbons (Fsp3) is 0.333. The molecule has 2 rings (SSSR count). The second kappa shape index (κ2) is 6.34. The van der Waals surface area contributed by atoms with Gasteiger partial charge in [0.05, 0.1) is 0 Å². The first-order valence-corrected chi connectivity index (χ1v) is 6.70. The topological polar surface area (TPSA) is 89.4 Å². The standard InChI is InChI=1S/C15H19N3O2/c16-10-13-2-1-9-18(13)14(19)8-5-11-3-6-12(7-4-11)15(17)20/h3-8,13H,1-2,9-10,16H2,(H2,17,20)/b8-5+. The SMILES string of the molecule is NCC1CCCN1C(=O)/C=C/c1ccc(C(N)=O)cc1. The third-order valence-corrected chi connectivity index (χ3v) is 3.55. The van der Waals surface area contributed by atoms with Gasteiger partial charge in [0.1, 0.15) is 0 Å². The van der Waals surface area contributed by atoms with Crippen LogP contribution in [0.4, 0.5) is 0 Å². The van der Waals surface area contributed by atoms with Gasteiger partial charge in [0.2, 0.25) is 11.8 Å². The van der Waals surface area contributed by atoms with Crippen molar-refractivity contribution in [3.63, 3.8) is 0 Å². The Hall–Kier alpha value is -2.14. The van der Waals surface area contributed by atoms with Gasteiger partial charge in [-0.25, -0.2) is 0 Å². The number of primary amides is 1. The number of hydrogen-bond acceptors (Lipinski definition) is 3. The van der Waals surface area contributed by atoms with Crippen LogP contribution in [0.15, 0.2) is 30.3 Å². The fourth-order valence-electron chi connectivity index (χ4n) is 2.39. The first-order chi connectivity index (χ1) is 9.61. The molecule has 0 radical (unpaired) electrons. The molecule has 1 fully saturated rings. The Labute approximate surface area is 118 Å². The Balaban J connectivity index is 2.01. The number of amides is 2. The van der Waals surface area contributed by atoms with Crippen molar-refractivity contribution in [1.29, 1.82) is 0 Å². The summed E-state index contributed by atoms with van der Waals surface area (Å²) in [5.41, 5.74) is 12.1. The van der Waals surface area contributed by atoms with Crippen LogP contribution in [0.1, 0.15) is 28.8 Å². The zero-order valence-corrected chi connectivity index (χ0v) is 11.3. The highest BCUT2D eigenvalue weighted by Crippen LogP contribution is 2.17. The lowest BCUT2D eigenvalue weighted by Gasteiger charge is -2.21. The molecule has 4 N–H and O–H groups in total. The molecule has 1 heterocycles. The van der Waals surface area contributed by atoms with Crippen molar-refractivity contribution in [2.75, 3.05) is 13.1 Å². The molecule has 2 amide bonds. The Bertz CT molecular complexity index is 522. The summed E-state index contributed by atoms with van der Waals surface area (Å²) in [4.78, 5) is 24.8. The van der Waals surface area contributed by atoms with Crippen LogP contribution in [0.25, 0.3) is 6.08 Å². The highest BCUT2D eigenvalue weighted by atomic mass is 16.2. The molecule has 0 spiro atoms. The predicted molar refractivity (Wildman–Crippen MR) is 77.8 cm³/mol. The highest BCUT2D eigenvalue weighted by molar-refractivity contribution is 5.94. The number of benzene rings is 1. The van der Waals surface area contributed by atoms with E-state index in [0.29, 0.717) is 12.1 Å². The lowest BCUT2D eigenvalue weighted by molar-refractivity contribution is -0.126. The van der Waals surface area contributed by atoms with Gasteiger partial charge in [-0.05, 0) is 36.6 Å². The maximum atomic E-state index is 12.1. The summed E-state index contributed by atoms with van der Waals surface area (Å²) in [5.74, 6) is -0.476. The minimum Gasteiger partial charge on any atom is -0.366 e. The molecule has 1 aliphatic rings. The summed E-state index contributed by atoms with van der Waals surface area (Å²) < 4.78 is 0. The average molecular weight is 273 g/mol. The summed E-state index contributed by atoms with van der Waals surface area (Å²) in [6.45, 7) is 1.28. The lowest BCUT2D eigenvalue weighted by Crippen LogP contribution is -2.38. The quantitative estimate of drug-likeness (QED) is 0.793. The van der Waals surface area contributed by atoms with Crippen LogP contribution >= 0.6 is 0 Å². The number of nitrogens with two attached hydrogens (primary N) is 2. The van der Waals surface area contributed by atoms with Gasteiger partial charge < -0.3 is 16.4 Å². The van der Waals surface area contributed by atoms with Crippen molar-refractivity contribution >= 4 is 17.9 Å². The van der Waals surface area contributed by atoms with Gasteiger partial charge in [-0.3, -0.25) is 9.59 Å². The van der Waals surface area contributed by atoms with Gasteiger partial charge in [-0.15, -0.1) is 0 Å². The largest absolute Gasteiger partial charge is 0.366 e. The van der Waals surface area contributed by atoms with Crippen molar-refractivity contribution in [2.24, 2.45) is 11.5 Å². The van der Waals surface area contributed by atoms with Crippen LogP contribution in [-0.2, 0) is 4.79 Å². The molecule has 5 heteroatoms. The highest BCUT2D eigenvalue weighted by Gasteiger charge is 2.25. The summed E-state index contributed by atoms with van der Waals surface area (Å²) in [7, 11) is 0. The molecule has 0 saturated carbocycles. The molecule has 0 aromatic heterocycles. The third-order valence-electron chi connectivity index (χ3n) is 3.55. The maximum absolute atomic E-state index is 12.1. The van der Waals surface area contributed by atoms with E-state index in [0.717, 1.165) is 24.9 Å². The summed E-state index contributed by atoms with van der Waals surface area (Å²) in [6, 6.07) is 6.96. The monoisotopic (exact) mass is 273 g/mol. The predicted octanol–water partition coefficient (Wildman–Crippen LogP) is 0.748. The number of carbonyl (C=O) groups is 2. The average Bonchev–Trinajstić information content (AvgIpc) is 2.93. The van der Waals surface area contributed by atoms with Gasteiger partial charge in [-0.2, -0.15) is 0 Å². The third kappa shape index (κ3) is 3.24. The minimum absolute atomic E-state index is 0.0167. The maximum Gasteiger partial charge on any atom is 0.248 e. The summed E-state index contributed by atoms with van der Waals surface area (Å²) in [5, 5.41) is 0. The van der Waals surface area contributed by atoms with Crippen LogP contribution < -0.4 is 11.5 Å². The van der Waals surface area contributed by atoms with E-state index in [1.54, 1.807) is 36.4 Å². The normalized spacial score (nSPS) is 18.6. The molecular formula is C15H19N3O2. The molecule has 1 unspecified atom stereocenters. The van der Waals surface area contributed by atoms with E-state index in [1.165, 1.54) is 0 Å². The van der Waals surface area contributed by atoms with E-state index in [4.69, 9.17) is 11.5 Å². The van der Waals surface area contributed by atoms with Gasteiger partial charge in [0, 0.05) is 30.8 Å². The van der Waals surface area contributed by atoms with Crippen molar-refractivity contribution < 1.29 is 9.59 Å². The smallest absolute Gasteiger partial charge is 0.248 e. The number of nitrogens with zero attached hydrogens (tertiary/aromatic N) is 1. The molecule has 1 atom stereocenters. The van der Waals surface area contributed by atoms with Crippen LogP contribution in [0.2, 0.25) is 0 Å². The summed E-state index contributed by atoms with van der Waals surface area (Å²) in [6.07, 6.45) is 5.27. The molecule has 1 aromatic rings. The van der Waals surface area contributed by atoms with Crippen molar-refractivity contribution in [2.45, 2.75) is 18.9 Å². The van der Waals surface area contributed by atoms with E-state index < -0.39 is 5.91 Å². The molecule has 1 aromatic carbocycles. The number of likely N-dealkylation sites (tertiary alicyclic amines) is 1. The van der Waals surface area contributed by atoms with Gasteiger partial charge in [0.15, 0.2) is 0 Å². The molecule has 106 valence electrons. The van der Waals surface area contributed by atoms with E-state index in [9.17, 15) is 9.59 Å². The van der Waals surface area contributed by atoms with E-state index in [2.05, 4.69) is 0 Å². The summed E-state index contributed by atoms with van der Waals surface area (Å²) >= 11 is 0. The molecular weight excluding hydrogens is 254 g/mol. The van der Waals surface area contributed by atoms with Crippen LogP contribution in [0.3, 0.4) is 0 Å². The zero-order chi connectivity index (χ0) is 14.5. The minimum atomic E-state index is -0.459. The first kappa shape index (κ1) is 14.3. The van der Waals surface area contributed by atoms with Crippen molar-refractivity contribution in [1.82, 2.24) is 4.90 Å². The van der Waals surface area contributed by atoms with Crippen LogP contribution in [0, 0.1) is 0 Å². The van der Waals surface area contributed by atoms with Crippen LogP contribution in [0.5, 0.6) is 0 Å². The lowest BCUT2D eigenvalue weighted by atomic mass is 10.1.